The SMILES string of the molecule is N#Cc1[nH]c(=O)c(OS(=O)(=O)C(F)(F)F)cc1CF. The summed E-state index contributed by atoms with van der Waals surface area (Å²) in [6.45, 7) is -1.30. The molecule has 0 aliphatic rings. The third kappa shape index (κ3) is 3.02. The molecule has 104 valence electrons. The van der Waals surface area contributed by atoms with Crippen molar-refractivity contribution in [1.82, 2.24) is 4.98 Å². The Labute approximate surface area is 103 Å². The summed E-state index contributed by atoms with van der Waals surface area (Å²) in [5.74, 6) is -1.27. The third-order valence-electron chi connectivity index (χ3n) is 1.83. The van der Waals surface area contributed by atoms with Gasteiger partial charge < -0.3 is 9.17 Å². The molecular formula is C8H4F4N2O4S. The number of alkyl halides is 4. The van der Waals surface area contributed by atoms with Crippen molar-refractivity contribution in [1.29, 1.82) is 5.26 Å². The molecule has 1 aromatic heterocycles. The van der Waals surface area contributed by atoms with Crippen LogP contribution in [0.2, 0.25) is 0 Å². The average Bonchev–Trinajstić information content (AvgIpc) is 2.29. The highest BCUT2D eigenvalue weighted by Crippen LogP contribution is 2.26. The first-order chi connectivity index (χ1) is 8.62. The molecule has 6 nitrogen and oxygen atoms in total. The molecule has 1 N–H and O–H groups in total. The molecule has 0 saturated carbocycles. The van der Waals surface area contributed by atoms with Crippen LogP contribution in [0, 0.1) is 11.3 Å². The summed E-state index contributed by atoms with van der Waals surface area (Å²) in [6, 6.07) is 1.80. The minimum absolute atomic E-state index is 0.417. The molecule has 1 aromatic rings. The fourth-order valence-electron chi connectivity index (χ4n) is 0.984. The summed E-state index contributed by atoms with van der Waals surface area (Å²) in [5.41, 5.74) is -8.18. The Kier molecular flexibility index (Phi) is 3.85. The van der Waals surface area contributed by atoms with Gasteiger partial charge in [0.15, 0.2) is 0 Å². The van der Waals surface area contributed by atoms with Crippen LogP contribution in [0.3, 0.4) is 0 Å². The molecule has 0 radical (unpaired) electrons. The van der Waals surface area contributed by atoms with Gasteiger partial charge in [-0.3, -0.25) is 4.79 Å². The molecule has 0 bridgehead atoms. The first kappa shape index (κ1) is 15.0. The van der Waals surface area contributed by atoms with Gasteiger partial charge >= 0.3 is 15.6 Å². The summed E-state index contributed by atoms with van der Waals surface area (Å²) >= 11 is 0. The van der Waals surface area contributed by atoms with E-state index in [-0.39, 0.29) is 0 Å². The second kappa shape index (κ2) is 4.88. The minimum Gasteiger partial charge on any atom is -0.370 e. The zero-order chi connectivity index (χ0) is 14.8. The number of nitrogens with zero attached hydrogens (tertiary/aromatic N) is 1. The Hall–Kier alpha value is -2.09. The van der Waals surface area contributed by atoms with Crippen LogP contribution >= 0.6 is 0 Å². The molecule has 0 saturated heterocycles. The van der Waals surface area contributed by atoms with E-state index in [0.29, 0.717) is 6.07 Å². The van der Waals surface area contributed by atoms with Crippen molar-refractivity contribution in [3.8, 4) is 11.8 Å². The number of nitriles is 1. The van der Waals surface area contributed by atoms with Gasteiger partial charge in [-0.1, -0.05) is 0 Å². The van der Waals surface area contributed by atoms with Crippen LogP contribution in [-0.4, -0.2) is 18.9 Å². The fraction of sp³-hybridized carbons (Fsp3) is 0.250. The smallest absolute Gasteiger partial charge is 0.370 e. The van der Waals surface area contributed by atoms with Crippen molar-refractivity contribution in [2.24, 2.45) is 0 Å². The van der Waals surface area contributed by atoms with Gasteiger partial charge in [-0.2, -0.15) is 26.9 Å². The van der Waals surface area contributed by atoms with Gasteiger partial charge in [0.05, 0.1) is 0 Å². The number of H-pyrrole nitrogens is 1. The number of aromatic amines is 1. The van der Waals surface area contributed by atoms with E-state index in [9.17, 15) is 30.8 Å². The molecule has 19 heavy (non-hydrogen) atoms. The molecule has 0 amide bonds. The molecule has 0 aromatic carbocycles. The first-order valence-electron chi connectivity index (χ1n) is 4.35. The number of hydrogen-bond donors (Lipinski definition) is 1. The van der Waals surface area contributed by atoms with Crippen LogP contribution in [0.5, 0.6) is 5.75 Å². The Morgan fingerprint density at radius 3 is 2.42 bits per heavy atom. The first-order valence-corrected chi connectivity index (χ1v) is 5.76. The zero-order valence-corrected chi connectivity index (χ0v) is 9.60. The Bertz CT molecular complexity index is 686. The van der Waals surface area contributed by atoms with Gasteiger partial charge in [0, 0.05) is 5.56 Å². The van der Waals surface area contributed by atoms with E-state index in [4.69, 9.17) is 5.26 Å². The summed E-state index contributed by atoms with van der Waals surface area (Å²) in [6.07, 6.45) is 0. The molecule has 0 aliphatic heterocycles. The highest BCUT2D eigenvalue weighted by Gasteiger charge is 2.49. The quantitative estimate of drug-likeness (QED) is 0.509. The summed E-state index contributed by atoms with van der Waals surface area (Å²) in [5, 5.41) is 8.50. The van der Waals surface area contributed by atoms with Crippen molar-refractivity contribution in [2.45, 2.75) is 12.2 Å². The van der Waals surface area contributed by atoms with Crippen LogP contribution in [0.15, 0.2) is 10.9 Å². The highest BCUT2D eigenvalue weighted by molar-refractivity contribution is 7.87. The number of hydrogen-bond acceptors (Lipinski definition) is 5. The number of pyridine rings is 1. The topological polar surface area (TPSA) is 100 Å². The van der Waals surface area contributed by atoms with E-state index in [2.05, 4.69) is 4.18 Å². The second-order valence-corrected chi connectivity index (χ2v) is 4.63. The Morgan fingerprint density at radius 1 is 1.42 bits per heavy atom. The molecule has 0 atom stereocenters. The Balaban J connectivity index is 3.33. The van der Waals surface area contributed by atoms with Crippen LogP contribution in [0.4, 0.5) is 17.6 Å². The molecule has 1 heterocycles. The second-order valence-electron chi connectivity index (χ2n) is 3.09. The Morgan fingerprint density at radius 2 is 2.00 bits per heavy atom. The van der Waals surface area contributed by atoms with Gasteiger partial charge in [0.25, 0.3) is 5.56 Å². The van der Waals surface area contributed by atoms with Crippen LogP contribution in [-0.2, 0) is 16.8 Å². The maximum Gasteiger partial charge on any atom is 0.534 e. The van der Waals surface area contributed by atoms with Crippen LogP contribution < -0.4 is 9.74 Å². The summed E-state index contributed by atoms with van der Waals surface area (Å²) in [7, 11) is -6.04. The van der Waals surface area contributed by atoms with E-state index >= 15 is 0 Å². The number of halogens is 4. The number of rotatable bonds is 3. The van der Waals surface area contributed by atoms with Gasteiger partial charge in [0.1, 0.15) is 18.4 Å². The van der Waals surface area contributed by atoms with Crippen LogP contribution in [0.1, 0.15) is 11.3 Å². The summed E-state index contributed by atoms with van der Waals surface area (Å²) < 4.78 is 73.4. The van der Waals surface area contributed by atoms with E-state index in [1.165, 1.54) is 6.07 Å². The van der Waals surface area contributed by atoms with E-state index in [0.717, 1.165) is 0 Å². The van der Waals surface area contributed by atoms with Crippen LogP contribution in [0.25, 0.3) is 0 Å². The predicted molar refractivity (Wildman–Crippen MR) is 52.2 cm³/mol. The lowest BCUT2D eigenvalue weighted by Gasteiger charge is -2.09. The molecule has 0 aliphatic carbocycles. The van der Waals surface area contributed by atoms with Gasteiger partial charge in [-0.25, -0.2) is 4.39 Å². The molecule has 0 fully saturated rings. The molecule has 0 unspecified atom stereocenters. The fourth-order valence-corrected chi connectivity index (χ4v) is 1.44. The number of aromatic nitrogens is 1. The van der Waals surface area contributed by atoms with Crippen molar-refractivity contribution >= 4 is 10.1 Å². The van der Waals surface area contributed by atoms with Crippen molar-refractivity contribution in [3.63, 3.8) is 0 Å². The highest BCUT2D eigenvalue weighted by atomic mass is 32.2. The average molecular weight is 300 g/mol. The van der Waals surface area contributed by atoms with Gasteiger partial charge in [-0.05, 0) is 6.07 Å². The third-order valence-corrected chi connectivity index (χ3v) is 2.79. The van der Waals surface area contributed by atoms with Gasteiger partial charge in [-0.15, -0.1) is 0 Å². The van der Waals surface area contributed by atoms with E-state index < -0.39 is 44.9 Å². The molecular weight excluding hydrogens is 296 g/mol. The minimum atomic E-state index is -6.04. The van der Waals surface area contributed by atoms with Crippen molar-refractivity contribution in [2.75, 3.05) is 0 Å². The standard InChI is InChI=1S/C8H4F4N2O4S/c9-2-4-1-6(7(15)14-5(4)3-13)18-19(16,17)8(10,11)12/h1H,2H2,(H,14,15). The van der Waals surface area contributed by atoms with Gasteiger partial charge in [0.2, 0.25) is 5.75 Å². The molecule has 1 rings (SSSR count). The molecule has 0 spiro atoms. The largest absolute Gasteiger partial charge is 0.534 e. The monoisotopic (exact) mass is 300 g/mol. The normalized spacial score (nSPS) is 11.9. The van der Waals surface area contributed by atoms with Crippen molar-refractivity contribution < 1.29 is 30.2 Å². The lowest BCUT2D eigenvalue weighted by atomic mass is 10.2. The maximum absolute atomic E-state index is 12.5. The van der Waals surface area contributed by atoms with Crippen molar-refractivity contribution in [3.05, 3.63) is 27.7 Å². The summed E-state index contributed by atoms with van der Waals surface area (Å²) in [4.78, 5) is 12.9. The lowest BCUT2D eigenvalue weighted by molar-refractivity contribution is -0.0500. The van der Waals surface area contributed by atoms with E-state index in [1.54, 1.807) is 4.98 Å². The molecule has 11 heteroatoms. The predicted octanol–water partition coefficient (Wildman–Crippen LogP) is 0.944. The lowest BCUT2D eigenvalue weighted by Crippen LogP contribution is -2.30. The van der Waals surface area contributed by atoms with E-state index in [1.807, 2.05) is 0 Å². The maximum atomic E-state index is 12.5. The zero-order valence-electron chi connectivity index (χ0n) is 8.78. The number of nitrogens with one attached hydrogen (secondary N) is 1.